The van der Waals surface area contributed by atoms with Crippen LogP contribution in [0.3, 0.4) is 0 Å². The third-order valence-electron chi connectivity index (χ3n) is 1.73. The van der Waals surface area contributed by atoms with Crippen LogP contribution in [0.5, 0.6) is 0 Å². The van der Waals surface area contributed by atoms with E-state index in [2.05, 4.69) is 20.2 Å². The van der Waals surface area contributed by atoms with Crippen LogP contribution in [0.25, 0.3) is 11.0 Å². The van der Waals surface area contributed by atoms with E-state index in [9.17, 15) is 0 Å². The van der Waals surface area contributed by atoms with Crippen LogP contribution < -0.4 is 0 Å². The van der Waals surface area contributed by atoms with Gasteiger partial charge in [-0.25, -0.2) is 9.97 Å². The Labute approximate surface area is 78.8 Å². The van der Waals surface area contributed by atoms with Gasteiger partial charge < -0.3 is 5.11 Å². The second-order valence-electron chi connectivity index (χ2n) is 2.54. The molecule has 2 N–H and O–H groups in total. The zero-order valence-corrected chi connectivity index (χ0v) is 7.41. The minimum absolute atomic E-state index is 0.0545. The Hall–Kier alpha value is -1.20. The Balaban J connectivity index is 2.61. The van der Waals surface area contributed by atoms with Crippen LogP contribution in [0.1, 0.15) is 5.69 Å². The van der Waals surface area contributed by atoms with Crippen molar-refractivity contribution < 1.29 is 5.11 Å². The molecule has 68 valence electrons. The summed E-state index contributed by atoms with van der Waals surface area (Å²) < 4.78 is 0. The van der Waals surface area contributed by atoms with Gasteiger partial charge in [0, 0.05) is 13.0 Å². The van der Waals surface area contributed by atoms with Gasteiger partial charge in [-0.05, 0) is 0 Å². The Morgan fingerprint density at radius 1 is 1.38 bits per heavy atom. The number of nitrogens with one attached hydrogen (secondary N) is 1. The van der Waals surface area contributed by atoms with Crippen LogP contribution in [0, 0.1) is 0 Å². The normalized spacial score (nSPS) is 10.9. The molecule has 0 saturated carbocycles. The molecule has 5 nitrogen and oxygen atoms in total. The van der Waals surface area contributed by atoms with Crippen LogP contribution in [0.2, 0.25) is 5.15 Å². The standard InChI is InChI=1S/C7H7ClN4O/c8-7-6-5(9-3-10-7)4(1-2-13)11-12-6/h3,13H,1-2H2,(H,11,12). The Morgan fingerprint density at radius 2 is 2.23 bits per heavy atom. The van der Waals surface area contributed by atoms with Crippen molar-refractivity contribution in [2.24, 2.45) is 0 Å². The van der Waals surface area contributed by atoms with Crippen molar-refractivity contribution in [2.75, 3.05) is 6.61 Å². The molecule has 2 aromatic rings. The van der Waals surface area contributed by atoms with E-state index in [4.69, 9.17) is 16.7 Å². The number of aliphatic hydroxyl groups excluding tert-OH is 1. The van der Waals surface area contributed by atoms with Gasteiger partial charge in [-0.2, -0.15) is 5.10 Å². The number of H-pyrrole nitrogens is 1. The first-order chi connectivity index (χ1) is 6.33. The summed E-state index contributed by atoms with van der Waals surface area (Å²) in [5.41, 5.74) is 2.00. The predicted octanol–water partition coefficient (Wildman–Crippen LogP) is 0.541. The van der Waals surface area contributed by atoms with Crippen molar-refractivity contribution in [3.63, 3.8) is 0 Å². The van der Waals surface area contributed by atoms with Gasteiger partial charge in [0.2, 0.25) is 0 Å². The van der Waals surface area contributed by atoms with Gasteiger partial charge in [0.25, 0.3) is 0 Å². The summed E-state index contributed by atoms with van der Waals surface area (Å²) in [6.45, 7) is 0.0545. The first-order valence-electron chi connectivity index (χ1n) is 3.77. The van der Waals surface area contributed by atoms with E-state index in [1.54, 1.807) is 0 Å². The molecule has 2 aromatic heterocycles. The monoisotopic (exact) mass is 198 g/mol. The first kappa shape index (κ1) is 8.40. The van der Waals surface area contributed by atoms with Gasteiger partial charge in [0.1, 0.15) is 17.4 Å². The molecule has 0 aromatic carbocycles. The highest BCUT2D eigenvalue weighted by Crippen LogP contribution is 2.18. The number of aromatic nitrogens is 4. The lowest BCUT2D eigenvalue weighted by molar-refractivity contribution is 0.298. The minimum Gasteiger partial charge on any atom is -0.396 e. The Morgan fingerprint density at radius 3 is 3.00 bits per heavy atom. The van der Waals surface area contributed by atoms with Crippen LogP contribution in [0.4, 0.5) is 0 Å². The summed E-state index contributed by atoms with van der Waals surface area (Å²) in [6, 6.07) is 0. The maximum Gasteiger partial charge on any atom is 0.160 e. The fourth-order valence-electron chi connectivity index (χ4n) is 1.14. The number of nitrogens with zero attached hydrogens (tertiary/aromatic N) is 3. The zero-order chi connectivity index (χ0) is 9.26. The topological polar surface area (TPSA) is 74.7 Å². The molecular formula is C7H7ClN4O. The number of rotatable bonds is 2. The maximum absolute atomic E-state index is 8.74. The van der Waals surface area contributed by atoms with Crippen molar-refractivity contribution in [3.8, 4) is 0 Å². The van der Waals surface area contributed by atoms with Crippen LogP contribution >= 0.6 is 11.6 Å². The number of aromatic amines is 1. The number of hydrogen-bond donors (Lipinski definition) is 2. The molecule has 6 heteroatoms. The molecule has 0 spiro atoms. The molecular weight excluding hydrogens is 192 g/mol. The number of hydrogen-bond acceptors (Lipinski definition) is 4. The van der Waals surface area contributed by atoms with Gasteiger partial charge in [-0.1, -0.05) is 11.6 Å². The lowest BCUT2D eigenvalue weighted by Gasteiger charge is -1.92. The summed E-state index contributed by atoms with van der Waals surface area (Å²) in [5, 5.41) is 15.8. The number of fused-ring (bicyclic) bond motifs is 1. The smallest absolute Gasteiger partial charge is 0.160 e. The van der Waals surface area contributed by atoms with Crippen molar-refractivity contribution >= 4 is 22.6 Å². The lowest BCUT2D eigenvalue weighted by Crippen LogP contribution is -1.92. The van der Waals surface area contributed by atoms with Gasteiger partial charge in [-0.15, -0.1) is 0 Å². The van der Waals surface area contributed by atoms with Crippen molar-refractivity contribution in [1.29, 1.82) is 0 Å². The third kappa shape index (κ3) is 1.36. The summed E-state index contributed by atoms with van der Waals surface area (Å²) in [7, 11) is 0. The second kappa shape index (κ2) is 3.27. The molecule has 0 amide bonds. The molecule has 0 radical (unpaired) electrons. The van der Waals surface area contributed by atoms with Gasteiger partial charge >= 0.3 is 0 Å². The van der Waals surface area contributed by atoms with E-state index < -0.39 is 0 Å². The summed E-state index contributed by atoms with van der Waals surface area (Å²) >= 11 is 5.77. The highest BCUT2D eigenvalue weighted by molar-refractivity contribution is 6.33. The molecule has 0 fully saturated rings. The average molecular weight is 199 g/mol. The second-order valence-corrected chi connectivity index (χ2v) is 2.90. The molecule has 2 rings (SSSR count). The molecule has 0 unspecified atom stereocenters. The third-order valence-corrected chi connectivity index (χ3v) is 2.00. The number of halogens is 1. The predicted molar refractivity (Wildman–Crippen MR) is 47.5 cm³/mol. The average Bonchev–Trinajstić information content (AvgIpc) is 2.51. The molecule has 2 heterocycles. The first-order valence-corrected chi connectivity index (χ1v) is 4.15. The molecule has 0 aliphatic carbocycles. The lowest BCUT2D eigenvalue weighted by atomic mass is 10.3. The highest BCUT2D eigenvalue weighted by atomic mass is 35.5. The molecule has 13 heavy (non-hydrogen) atoms. The Kier molecular flexibility index (Phi) is 2.12. The van der Waals surface area contributed by atoms with Gasteiger partial charge in [0.05, 0.1) is 5.69 Å². The summed E-state index contributed by atoms with van der Waals surface area (Å²) in [5.74, 6) is 0. The maximum atomic E-state index is 8.74. The molecule has 0 saturated heterocycles. The van der Waals surface area contributed by atoms with E-state index in [1.807, 2.05) is 0 Å². The van der Waals surface area contributed by atoms with Crippen molar-refractivity contribution in [2.45, 2.75) is 6.42 Å². The van der Waals surface area contributed by atoms with Crippen LogP contribution in [0.15, 0.2) is 6.33 Å². The zero-order valence-electron chi connectivity index (χ0n) is 6.66. The Bertz CT molecular complexity index is 427. The highest BCUT2D eigenvalue weighted by Gasteiger charge is 2.09. The van der Waals surface area contributed by atoms with Crippen molar-refractivity contribution in [1.82, 2.24) is 20.2 Å². The summed E-state index contributed by atoms with van der Waals surface area (Å²) in [6.07, 6.45) is 1.87. The fraction of sp³-hybridized carbons (Fsp3) is 0.286. The SMILES string of the molecule is OCCc1[nH]nc2c(Cl)ncnc12. The summed E-state index contributed by atoms with van der Waals surface area (Å²) in [4.78, 5) is 7.81. The van der Waals surface area contributed by atoms with E-state index in [-0.39, 0.29) is 6.61 Å². The van der Waals surface area contributed by atoms with Crippen LogP contribution in [-0.4, -0.2) is 31.9 Å². The van der Waals surface area contributed by atoms with E-state index >= 15 is 0 Å². The van der Waals surface area contributed by atoms with Gasteiger partial charge in [-0.3, -0.25) is 5.10 Å². The largest absolute Gasteiger partial charge is 0.396 e. The quantitative estimate of drug-likeness (QED) is 0.691. The van der Waals surface area contributed by atoms with E-state index in [1.165, 1.54) is 6.33 Å². The van der Waals surface area contributed by atoms with Crippen molar-refractivity contribution in [3.05, 3.63) is 17.2 Å². The van der Waals surface area contributed by atoms with E-state index in [0.29, 0.717) is 22.6 Å². The molecule has 0 bridgehead atoms. The molecule has 0 atom stereocenters. The van der Waals surface area contributed by atoms with E-state index in [0.717, 1.165) is 5.69 Å². The van der Waals surface area contributed by atoms with Gasteiger partial charge in [0.15, 0.2) is 5.15 Å². The molecule has 0 aliphatic rings. The molecule has 0 aliphatic heterocycles. The number of aliphatic hydroxyl groups is 1. The minimum atomic E-state index is 0.0545. The van der Waals surface area contributed by atoms with Crippen LogP contribution in [-0.2, 0) is 6.42 Å². The fourth-order valence-corrected chi connectivity index (χ4v) is 1.32.